The van der Waals surface area contributed by atoms with Gasteiger partial charge in [-0.15, -0.1) is 0 Å². The van der Waals surface area contributed by atoms with Gasteiger partial charge in [0.25, 0.3) is 0 Å². The molecule has 0 bridgehead atoms. The Kier molecular flexibility index (Phi) is 7.96. The largest absolute Gasteiger partial charge is 0.381 e. The third kappa shape index (κ3) is 5.80. The molecule has 2 N–H and O–H groups in total. The molecule has 2 aliphatic rings. The second-order valence-electron chi connectivity index (χ2n) is 7.15. The molecular formula is C21H22ClFN6O2. The minimum atomic E-state index is -0.659. The number of rotatable bonds is 4. The molecule has 4 rings (SSSR count). The Balaban J connectivity index is 0.000000478. The normalized spacial score (nSPS) is 15.2. The summed E-state index contributed by atoms with van der Waals surface area (Å²) in [5.41, 5.74) is 1.74. The molecule has 0 spiro atoms. The minimum absolute atomic E-state index is 0.0729. The van der Waals surface area contributed by atoms with Gasteiger partial charge in [0.15, 0.2) is 5.95 Å². The van der Waals surface area contributed by atoms with Crippen LogP contribution in [0.25, 0.3) is 0 Å². The average molecular weight is 445 g/mol. The summed E-state index contributed by atoms with van der Waals surface area (Å²) in [5, 5.41) is 21.2. The molecule has 0 aromatic carbocycles. The molecule has 1 fully saturated rings. The SMILES string of the molecule is C1CCOC1.N#CCNc1nc(Cl)c(C#N)c2c1CCN(Cc1ccc(=O)[nH]c1F)C2. The Bertz CT molecular complexity index is 1060. The van der Waals surface area contributed by atoms with Crippen LogP contribution in [0.3, 0.4) is 0 Å². The van der Waals surface area contributed by atoms with Gasteiger partial charge in [-0.2, -0.15) is 14.9 Å². The maximum atomic E-state index is 13.9. The topological polar surface area (TPSA) is 118 Å². The molecule has 0 radical (unpaired) electrons. The Labute approximate surface area is 184 Å². The van der Waals surface area contributed by atoms with Gasteiger partial charge in [-0.05, 0) is 30.9 Å². The van der Waals surface area contributed by atoms with Gasteiger partial charge in [-0.1, -0.05) is 11.6 Å². The van der Waals surface area contributed by atoms with E-state index in [0.29, 0.717) is 30.9 Å². The maximum absolute atomic E-state index is 13.9. The summed E-state index contributed by atoms with van der Waals surface area (Å²) >= 11 is 6.12. The standard InChI is InChI=1S/C17H14ClFN6O.C4H8O/c18-15-12(7-21)13-9-25(8-10-1-2-14(26)23-16(10)19)6-3-11(13)17(24-15)22-5-4-20;1-2-4-5-3-1/h1-2H,3,5-6,8-9H2,(H,22,24)(H,23,26);1-4H2. The fourth-order valence-electron chi connectivity index (χ4n) is 3.53. The summed E-state index contributed by atoms with van der Waals surface area (Å²) in [6.45, 7) is 3.36. The lowest BCUT2D eigenvalue weighted by Gasteiger charge is -2.30. The first kappa shape index (κ1) is 22.7. The van der Waals surface area contributed by atoms with Crippen LogP contribution in [0, 0.1) is 28.6 Å². The molecule has 0 saturated carbocycles. The second-order valence-corrected chi connectivity index (χ2v) is 7.51. The van der Waals surface area contributed by atoms with Crippen LogP contribution in [0.15, 0.2) is 16.9 Å². The van der Waals surface area contributed by atoms with E-state index in [1.165, 1.54) is 25.0 Å². The van der Waals surface area contributed by atoms with Crippen LogP contribution < -0.4 is 10.9 Å². The van der Waals surface area contributed by atoms with E-state index in [1.54, 1.807) is 0 Å². The number of pyridine rings is 2. The second kappa shape index (κ2) is 10.9. The smallest absolute Gasteiger partial charge is 0.250 e. The Morgan fingerprint density at radius 3 is 2.68 bits per heavy atom. The highest BCUT2D eigenvalue weighted by molar-refractivity contribution is 6.30. The van der Waals surface area contributed by atoms with Crippen LogP contribution in [0.4, 0.5) is 10.2 Å². The predicted octanol–water partition coefficient (Wildman–Crippen LogP) is 2.72. The van der Waals surface area contributed by atoms with Crippen molar-refractivity contribution in [3.63, 3.8) is 0 Å². The van der Waals surface area contributed by atoms with E-state index < -0.39 is 11.5 Å². The first-order valence-corrected chi connectivity index (χ1v) is 10.3. The van der Waals surface area contributed by atoms with Gasteiger partial charge in [0.05, 0.1) is 11.6 Å². The molecule has 31 heavy (non-hydrogen) atoms. The van der Waals surface area contributed by atoms with Crippen molar-refractivity contribution in [2.24, 2.45) is 0 Å². The number of ether oxygens (including phenoxy) is 1. The van der Waals surface area contributed by atoms with Gasteiger partial charge < -0.3 is 10.1 Å². The van der Waals surface area contributed by atoms with Crippen LogP contribution >= 0.6 is 11.6 Å². The molecule has 0 aliphatic carbocycles. The number of aromatic amines is 1. The molecular weight excluding hydrogens is 423 g/mol. The number of nitriles is 2. The highest BCUT2D eigenvalue weighted by Crippen LogP contribution is 2.32. The fraction of sp³-hybridized carbons (Fsp3) is 0.429. The Hall–Kier alpha value is -2.98. The number of halogens is 2. The third-order valence-electron chi connectivity index (χ3n) is 5.05. The quantitative estimate of drug-likeness (QED) is 0.549. The molecule has 0 atom stereocenters. The van der Waals surface area contributed by atoms with Gasteiger partial charge in [0.1, 0.15) is 23.6 Å². The number of hydrogen-bond acceptors (Lipinski definition) is 7. The van der Waals surface area contributed by atoms with Crippen LogP contribution in [0.5, 0.6) is 0 Å². The van der Waals surface area contributed by atoms with Crippen molar-refractivity contribution >= 4 is 17.4 Å². The van der Waals surface area contributed by atoms with Gasteiger partial charge in [-0.3, -0.25) is 14.7 Å². The van der Waals surface area contributed by atoms with Crippen molar-refractivity contribution in [2.45, 2.75) is 32.4 Å². The summed E-state index contributed by atoms with van der Waals surface area (Å²) in [4.78, 5) is 19.4. The minimum Gasteiger partial charge on any atom is -0.381 e. The molecule has 10 heteroatoms. The first-order chi connectivity index (χ1) is 15.0. The number of nitrogens with zero attached hydrogens (tertiary/aromatic N) is 4. The first-order valence-electron chi connectivity index (χ1n) is 9.93. The molecule has 0 unspecified atom stereocenters. The highest BCUT2D eigenvalue weighted by atomic mass is 35.5. The summed E-state index contributed by atoms with van der Waals surface area (Å²) in [5.74, 6) is -0.159. The number of anilines is 1. The third-order valence-corrected chi connectivity index (χ3v) is 5.32. The van der Waals surface area contributed by atoms with Gasteiger partial charge >= 0.3 is 0 Å². The van der Waals surface area contributed by atoms with Gasteiger partial charge in [0.2, 0.25) is 5.56 Å². The molecule has 1 saturated heterocycles. The summed E-state index contributed by atoms with van der Waals surface area (Å²) in [7, 11) is 0. The van der Waals surface area contributed by atoms with E-state index in [9.17, 15) is 14.4 Å². The monoisotopic (exact) mass is 444 g/mol. The number of hydrogen-bond donors (Lipinski definition) is 2. The van der Waals surface area contributed by atoms with Crippen molar-refractivity contribution in [2.75, 3.05) is 31.6 Å². The molecule has 8 nitrogen and oxygen atoms in total. The lowest BCUT2D eigenvalue weighted by molar-refractivity contribution is 0.198. The van der Waals surface area contributed by atoms with E-state index in [4.69, 9.17) is 21.6 Å². The van der Waals surface area contributed by atoms with Crippen LogP contribution in [0.2, 0.25) is 5.15 Å². The molecule has 162 valence electrons. The molecule has 2 aliphatic heterocycles. The number of aromatic nitrogens is 2. The number of fused-ring (bicyclic) bond motifs is 1. The highest BCUT2D eigenvalue weighted by Gasteiger charge is 2.25. The van der Waals surface area contributed by atoms with Crippen LogP contribution in [-0.4, -0.2) is 41.2 Å². The van der Waals surface area contributed by atoms with E-state index in [2.05, 4.69) is 21.4 Å². The van der Waals surface area contributed by atoms with Crippen LogP contribution in [0.1, 0.15) is 35.1 Å². The van der Waals surface area contributed by atoms with Crippen molar-refractivity contribution in [3.05, 3.63) is 55.8 Å². The maximum Gasteiger partial charge on any atom is 0.250 e. The average Bonchev–Trinajstić information content (AvgIpc) is 3.34. The Morgan fingerprint density at radius 2 is 2.06 bits per heavy atom. The van der Waals surface area contributed by atoms with E-state index in [-0.39, 0.29) is 23.8 Å². The predicted molar refractivity (Wildman–Crippen MR) is 113 cm³/mol. The van der Waals surface area contributed by atoms with Crippen molar-refractivity contribution in [1.29, 1.82) is 10.5 Å². The van der Waals surface area contributed by atoms with Gasteiger partial charge in [-0.25, -0.2) is 4.98 Å². The van der Waals surface area contributed by atoms with Crippen LogP contribution in [-0.2, 0) is 24.2 Å². The fourth-order valence-corrected chi connectivity index (χ4v) is 3.77. The molecule has 4 heterocycles. The zero-order chi connectivity index (χ0) is 22.2. The number of nitrogens with one attached hydrogen (secondary N) is 2. The summed E-state index contributed by atoms with van der Waals surface area (Å²) < 4.78 is 18.9. The molecule has 0 amide bonds. The van der Waals surface area contributed by atoms with Crippen molar-refractivity contribution in [3.8, 4) is 12.1 Å². The molecule has 2 aromatic heterocycles. The molecule has 2 aromatic rings. The lowest BCUT2D eigenvalue weighted by Crippen LogP contribution is -2.32. The summed E-state index contributed by atoms with van der Waals surface area (Å²) in [6, 6.07) is 6.79. The summed E-state index contributed by atoms with van der Waals surface area (Å²) in [6.07, 6.45) is 3.13. The zero-order valence-corrected chi connectivity index (χ0v) is 17.6. The van der Waals surface area contributed by atoms with E-state index in [0.717, 1.165) is 24.3 Å². The Morgan fingerprint density at radius 1 is 1.29 bits per heavy atom. The number of H-pyrrole nitrogens is 1. The van der Waals surface area contributed by atoms with Crippen molar-refractivity contribution in [1.82, 2.24) is 14.9 Å². The van der Waals surface area contributed by atoms with E-state index >= 15 is 0 Å². The van der Waals surface area contributed by atoms with Gasteiger partial charge in [0, 0.05) is 50.0 Å². The van der Waals surface area contributed by atoms with Crippen molar-refractivity contribution < 1.29 is 9.13 Å². The lowest BCUT2D eigenvalue weighted by atomic mass is 9.96. The zero-order valence-electron chi connectivity index (χ0n) is 16.9. The van der Waals surface area contributed by atoms with E-state index in [1.807, 2.05) is 11.0 Å².